The van der Waals surface area contributed by atoms with Crippen LogP contribution in [-0.2, 0) is 11.8 Å². The molecule has 1 aromatic heterocycles. The van der Waals surface area contributed by atoms with Gasteiger partial charge < -0.3 is 14.8 Å². The molecule has 0 bridgehead atoms. The molecule has 2 rings (SSSR count). The SMILES string of the molecule is Cc1cc(C(=O)CCC(=O)N2CCNCC2)c(C)n1C. The first kappa shape index (κ1) is 14.8. The number of nitrogens with zero attached hydrogens (tertiary/aromatic N) is 2. The highest BCUT2D eigenvalue weighted by Crippen LogP contribution is 2.16. The van der Waals surface area contributed by atoms with Crippen LogP contribution < -0.4 is 5.32 Å². The van der Waals surface area contributed by atoms with Crippen molar-refractivity contribution in [2.45, 2.75) is 26.7 Å². The van der Waals surface area contributed by atoms with Crippen LogP contribution in [0.2, 0.25) is 0 Å². The molecule has 1 aliphatic rings. The van der Waals surface area contributed by atoms with Gasteiger partial charge in [-0.15, -0.1) is 0 Å². The summed E-state index contributed by atoms with van der Waals surface area (Å²) in [6, 6.07) is 1.91. The third kappa shape index (κ3) is 3.10. The van der Waals surface area contributed by atoms with Crippen LogP contribution in [0.5, 0.6) is 0 Å². The number of rotatable bonds is 4. The topological polar surface area (TPSA) is 54.3 Å². The number of hydrogen-bond acceptors (Lipinski definition) is 3. The summed E-state index contributed by atoms with van der Waals surface area (Å²) < 4.78 is 2.01. The molecule has 5 heteroatoms. The molecule has 1 amide bonds. The van der Waals surface area contributed by atoms with E-state index in [1.807, 2.05) is 36.4 Å². The van der Waals surface area contributed by atoms with Gasteiger partial charge in [-0.2, -0.15) is 0 Å². The van der Waals surface area contributed by atoms with Gasteiger partial charge in [0.25, 0.3) is 0 Å². The summed E-state index contributed by atoms with van der Waals surface area (Å²) in [5.41, 5.74) is 2.79. The van der Waals surface area contributed by atoms with Gasteiger partial charge in [0.05, 0.1) is 0 Å². The molecular formula is C15H23N3O2. The minimum absolute atomic E-state index is 0.0645. The number of carbonyl (C=O) groups is 2. The number of carbonyl (C=O) groups excluding carboxylic acids is 2. The van der Waals surface area contributed by atoms with Crippen molar-refractivity contribution in [2.24, 2.45) is 7.05 Å². The van der Waals surface area contributed by atoms with E-state index in [0.717, 1.165) is 43.1 Å². The number of nitrogens with one attached hydrogen (secondary N) is 1. The molecule has 0 saturated carbocycles. The second kappa shape index (κ2) is 6.22. The molecule has 0 unspecified atom stereocenters. The molecule has 0 atom stereocenters. The van der Waals surface area contributed by atoms with E-state index in [1.165, 1.54) is 0 Å². The zero-order chi connectivity index (χ0) is 14.7. The van der Waals surface area contributed by atoms with Crippen LogP contribution in [0.25, 0.3) is 0 Å². The van der Waals surface area contributed by atoms with Gasteiger partial charge in [0.2, 0.25) is 5.91 Å². The lowest BCUT2D eigenvalue weighted by Gasteiger charge is -2.27. The fourth-order valence-electron chi connectivity index (χ4n) is 2.57. The molecule has 1 N–H and O–H groups in total. The molecule has 1 aromatic rings. The summed E-state index contributed by atoms with van der Waals surface area (Å²) in [5, 5.41) is 3.21. The second-order valence-corrected chi connectivity index (χ2v) is 5.40. The number of aryl methyl sites for hydroxylation is 1. The number of aromatic nitrogens is 1. The van der Waals surface area contributed by atoms with Gasteiger partial charge in [-0.1, -0.05) is 0 Å². The Balaban J connectivity index is 1.91. The highest BCUT2D eigenvalue weighted by Gasteiger charge is 2.19. The summed E-state index contributed by atoms with van der Waals surface area (Å²) in [6.07, 6.45) is 0.610. The van der Waals surface area contributed by atoms with Crippen molar-refractivity contribution in [1.82, 2.24) is 14.8 Å². The number of amides is 1. The average molecular weight is 277 g/mol. The molecule has 5 nitrogen and oxygen atoms in total. The van der Waals surface area contributed by atoms with Gasteiger partial charge in [0.1, 0.15) is 0 Å². The first-order valence-electron chi connectivity index (χ1n) is 7.15. The Hall–Kier alpha value is -1.62. The molecule has 110 valence electrons. The van der Waals surface area contributed by atoms with Gasteiger partial charge in [0, 0.05) is 63.0 Å². The van der Waals surface area contributed by atoms with E-state index >= 15 is 0 Å². The van der Waals surface area contributed by atoms with Crippen LogP contribution >= 0.6 is 0 Å². The van der Waals surface area contributed by atoms with Crippen LogP contribution in [0, 0.1) is 13.8 Å². The van der Waals surface area contributed by atoms with E-state index in [2.05, 4.69) is 5.32 Å². The van der Waals surface area contributed by atoms with E-state index in [1.54, 1.807) is 0 Å². The van der Waals surface area contributed by atoms with Crippen LogP contribution in [0.3, 0.4) is 0 Å². The maximum atomic E-state index is 12.2. The van der Waals surface area contributed by atoms with Crippen molar-refractivity contribution >= 4 is 11.7 Å². The quantitative estimate of drug-likeness (QED) is 0.837. The third-order valence-corrected chi connectivity index (χ3v) is 4.11. The molecule has 0 spiro atoms. The monoisotopic (exact) mass is 277 g/mol. The molecule has 0 aliphatic carbocycles. The van der Waals surface area contributed by atoms with E-state index in [4.69, 9.17) is 0 Å². The van der Waals surface area contributed by atoms with Crippen molar-refractivity contribution in [1.29, 1.82) is 0 Å². The summed E-state index contributed by atoms with van der Waals surface area (Å²) in [6.45, 7) is 7.11. The molecule has 0 aromatic carbocycles. The predicted molar refractivity (Wildman–Crippen MR) is 77.9 cm³/mol. The Kier molecular flexibility index (Phi) is 4.60. The smallest absolute Gasteiger partial charge is 0.223 e. The average Bonchev–Trinajstić information content (AvgIpc) is 2.73. The zero-order valence-corrected chi connectivity index (χ0v) is 12.5. The maximum Gasteiger partial charge on any atom is 0.223 e. The fourth-order valence-corrected chi connectivity index (χ4v) is 2.57. The highest BCUT2D eigenvalue weighted by atomic mass is 16.2. The van der Waals surface area contributed by atoms with Gasteiger partial charge in [0.15, 0.2) is 5.78 Å². The zero-order valence-electron chi connectivity index (χ0n) is 12.5. The standard InChI is InChI=1S/C15H23N3O2/c1-11-10-13(12(2)17(11)3)14(19)4-5-15(20)18-8-6-16-7-9-18/h10,16H,4-9H2,1-3H3. The fraction of sp³-hybridized carbons (Fsp3) is 0.600. The number of Topliss-reactive ketones (excluding diaryl/α,β-unsaturated/α-hetero) is 1. The van der Waals surface area contributed by atoms with Gasteiger partial charge >= 0.3 is 0 Å². The Morgan fingerprint density at radius 3 is 2.40 bits per heavy atom. The minimum atomic E-state index is 0.0645. The number of ketones is 1. The first-order valence-corrected chi connectivity index (χ1v) is 7.15. The lowest BCUT2D eigenvalue weighted by atomic mass is 10.1. The summed E-state index contributed by atoms with van der Waals surface area (Å²) in [7, 11) is 1.95. The summed E-state index contributed by atoms with van der Waals surface area (Å²) >= 11 is 0. The lowest BCUT2D eigenvalue weighted by Crippen LogP contribution is -2.46. The maximum absolute atomic E-state index is 12.2. The first-order chi connectivity index (χ1) is 9.50. The minimum Gasteiger partial charge on any atom is -0.351 e. The molecule has 1 aliphatic heterocycles. The number of piperazine rings is 1. The van der Waals surface area contributed by atoms with E-state index in [-0.39, 0.29) is 11.7 Å². The van der Waals surface area contributed by atoms with Crippen LogP contribution in [0.4, 0.5) is 0 Å². The molecular weight excluding hydrogens is 254 g/mol. The largest absolute Gasteiger partial charge is 0.351 e. The van der Waals surface area contributed by atoms with Crippen LogP contribution in [-0.4, -0.2) is 47.3 Å². The van der Waals surface area contributed by atoms with Crippen molar-refractivity contribution < 1.29 is 9.59 Å². The third-order valence-electron chi connectivity index (χ3n) is 4.11. The Morgan fingerprint density at radius 2 is 1.85 bits per heavy atom. The summed E-state index contributed by atoms with van der Waals surface area (Å²) in [5.74, 6) is 0.153. The molecule has 2 heterocycles. The van der Waals surface area contributed by atoms with E-state index in [0.29, 0.717) is 12.8 Å². The van der Waals surface area contributed by atoms with Crippen LogP contribution in [0.15, 0.2) is 6.07 Å². The lowest BCUT2D eigenvalue weighted by molar-refractivity contribution is -0.131. The molecule has 0 radical (unpaired) electrons. The van der Waals surface area contributed by atoms with Gasteiger partial charge in [-0.05, 0) is 19.9 Å². The van der Waals surface area contributed by atoms with Crippen molar-refractivity contribution in [3.05, 3.63) is 23.0 Å². The Morgan fingerprint density at radius 1 is 1.20 bits per heavy atom. The predicted octanol–water partition coefficient (Wildman–Crippen LogP) is 1.04. The summed E-state index contributed by atoms with van der Waals surface area (Å²) in [4.78, 5) is 26.1. The second-order valence-electron chi connectivity index (χ2n) is 5.40. The Bertz CT molecular complexity index is 513. The normalized spacial score (nSPS) is 15.4. The van der Waals surface area contributed by atoms with E-state index < -0.39 is 0 Å². The molecule has 1 fully saturated rings. The van der Waals surface area contributed by atoms with Crippen molar-refractivity contribution in [2.75, 3.05) is 26.2 Å². The van der Waals surface area contributed by atoms with E-state index in [9.17, 15) is 9.59 Å². The van der Waals surface area contributed by atoms with Crippen LogP contribution in [0.1, 0.15) is 34.6 Å². The highest BCUT2D eigenvalue weighted by molar-refractivity contribution is 5.99. The van der Waals surface area contributed by atoms with Gasteiger partial charge in [-0.25, -0.2) is 0 Å². The molecule has 1 saturated heterocycles. The van der Waals surface area contributed by atoms with Crippen molar-refractivity contribution in [3.63, 3.8) is 0 Å². The number of hydrogen-bond donors (Lipinski definition) is 1. The molecule has 20 heavy (non-hydrogen) atoms. The van der Waals surface area contributed by atoms with Gasteiger partial charge in [-0.3, -0.25) is 9.59 Å². The Labute approximate surface area is 119 Å². The van der Waals surface area contributed by atoms with Crippen molar-refractivity contribution in [3.8, 4) is 0 Å².